The largest absolute Gasteiger partial charge is 0.504 e. The lowest BCUT2D eigenvalue weighted by Crippen LogP contribution is -2.25. The van der Waals surface area contributed by atoms with Crippen LogP contribution in [-0.4, -0.2) is 24.1 Å². The van der Waals surface area contributed by atoms with E-state index in [1.54, 1.807) is 48.5 Å². The van der Waals surface area contributed by atoms with Crippen LogP contribution in [0.5, 0.6) is 11.5 Å². The first kappa shape index (κ1) is 21.6. The van der Waals surface area contributed by atoms with E-state index < -0.39 is 18.0 Å². The second-order valence-corrected chi connectivity index (χ2v) is 6.85. The van der Waals surface area contributed by atoms with Gasteiger partial charge in [0.25, 0.3) is 5.91 Å². The zero-order valence-corrected chi connectivity index (χ0v) is 17.2. The van der Waals surface area contributed by atoms with Crippen LogP contribution in [0.3, 0.4) is 0 Å². The SMILES string of the molecule is COc1cc(/C=C/C(=O)O[C@H](C(=O)Nc2ccc(C)cc2)c2ccccc2)ccc1O. The number of nitrogens with one attached hydrogen (secondary N) is 1. The summed E-state index contributed by atoms with van der Waals surface area (Å²) in [4.78, 5) is 25.3. The fourth-order valence-electron chi connectivity index (χ4n) is 2.86. The first-order chi connectivity index (χ1) is 15.0. The Labute approximate surface area is 180 Å². The van der Waals surface area contributed by atoms with Gasteiger partial charge in [-0.2, -0.15) is 0 Å². The van der Waals surface area contributed by atoms with E-state index in [0.29, 0.717) is 16.8 Å². The number of aromatic hydroxyl groups is 1. The molecule has 31 heavy (non-hydrogen) atoms. The van der Waals surface area contributed by atoms with Gasteiger partial charge in [-0.15, -0.1) is 0 Å². The van der Waals surface area contributed by atoms with Gasteiger partial charge in [0.15, 0.2) is 11.5 Å². The Bertz CT molecular complexity index is 1070. The summed E-state index contributed by atoms with van der Waals surface area (Å²) < 4.78 is 10.5. The first-order valence-corrected chi connectivity index (χ1v) is 9.64. The second-order valence-electron chi connectivity index (χ2n) is 6.85. The van der Waals surface area contributed by atoms with Crippen LogP contribution in [0.25, 0.3) is 6.08 Å². The van der Waals surface area contributed by atoms with E-state index in [1.165, 1.54) is 25.3 Å². The maximum Gasteiger partial charge on any atom is 0.331 e. The number of hydrogen-bond donors (Lipinski definition) is 2. The number of anilines is 1. The van der Waals surface area contributed by atoms with Crippen LogP contribution in [0.1, 0.15) is 22.8 Å². The summed E-state index contributed by atoms with van der Waals surface area (Å²) in [5.41, 5.74) is 2.87. The minimum atomic E-state index is -1.12. The summed E-state index contributed by atoms with van der Waals surface area (Å²) in [5, 5.41) is 12.5. The van der Waals surface area contributed by atoms with Crippen molar-refractivity contribution in [2.75, 3.05) is 12.4 Å². The predicted octanol–water partition coefficient (Wildman–Crippen LogP) is 4.65. The average molecular weight is 417 g/mol. The molecule has 0 unspecified atom stereocenters. The molecule has 1 amide bonds. The molecule has 6 nitrogen and oxygen atoms in total. The van der Waals surface area contributed by atoms with Crippen LogP contribution in [0.2, 0.25) is 0 Å². The van der Waals surface area contributed by atoms with Crippen molar-refractivity contribution in [1.82, 2.24) is 0 Å². The Balaban J connectivity index is 1.76. The lowest BCUT2D eigenvalue weighted by molar-refractivity contribution is -0.149. The van der Waals surface area contributed by atoms with E-state index in [1.807, 2.05) is 25.1 Å². The molecule has 0 saturated carbocycles. The number of phenols is 1. The van der Waals surface area contributed by atoms with Gasteiger partial charge in [-0.25, -0.2) is 4.79 Å². The summed E-state index contributed by atoms with van der Waals surface area (Å²) >= 11 is 0. The van der Waals surface area contributed by atoms with Crippen molar-refractivity contribution in [3.8, 4) is 11.5 Å². The third kappa shape index (κ3) is 5.96. The van der Waals surface area contributed by atoms with Gasteiger partial charge in [0, 0.05) is 17.3 Å². The van der Waals surface area contributed by atoms with Gasteiger partial charge in [-0.3, -0.25) is 4.79 Å². The van der Waals surface area contributed by atoms with Crippen LogP contribution in [-0.2, 0) is 14.3 Å². The highest BCUT2D eigenvalue weighted by molar-refractivity contribution is 5.97. The maximum atomic E-state index is 12.9. The van der Waals surface area contributed by atoms with Gasteiger partial charge in [-0.05, 0) is 42.8 Å². The standard InChI is InChI=1S/C25H23NO5/c1-17-8-12-20(13-9-17)26-25(29)24(19-6-4-3-5-7-19)31-23(28)15-11-18-10-14-21(27)22(16-18)30-2/h3-16,24,27H,1-2H3,(H,26,29)/b15-11+/t24-/m0/s1. The normalized spacial score (nSPS) is 11.7. The Morgan fingerprint density at radius 2 is 1.71 bits per heavy atom. The van der Waals surface area contributed by atoms with Gasteiger partial charge in [0.2, 0.25) is 6.10 Å². The van der Waals surface area contributed by atoms with Crippen LogP contribution in [0.15, 0.2) is 78.9 Å². The number of ether oxygens (including phenoxy) is 2. The molecule has 2 N–H and O–H groups in total. The Kier molecular flexibility index (Phi) is 7.06. The molecule has 0 radical (unpaired) electrons. The molecule has 1 atom stereocenters. The molecular weight excluding hydrogens is 394 g/mol. The number of aryl methyl sites for hydroxylation is 1. The summed E-state index contributed by atoms with van der Waals surface area (Å²) in [6.07, 6.45) is 1.62. The summed E-state index contributed by atoms with van der Waals surface area (Å²) in [7, 11) is 1.44. The van der Waals surface area contributed by atoms with Gasteiger partial charge >= 0.3 is 5.97 Å². The first-order valence-electron chi connectivity index (χ1n) is 9.64. The molecule has 6 heteroatoms. The number of rotatable bonds is 7. The number of amides is 1. The van der Waals surface area contributed by atoms with Crippen molar-refractivity contribution in [3.63, 3.8) is 0 Å². The average Bonchev–Trinajstić information content (AvgIpc) is 2.79. The van der Waals surface area contributed by atoms with E-state index >= 15 is 0 Å². The van der Waals surface area contributed by atoms with E-state index in [9.17, 15) is 14.7 Å². The van der Waals surface area contributed by atoms with Crippen LogP contribution in [0.4, 0.5) is 5.69 Å². The third-order valence-corrected chi connectivity index (χ3v) is 4.51. The zero-order chi connectivity index (χ0) is 22.2. The van der Waals surface area contributed by atoms with Crippen molar-refractivity contribution in [1.29, 1.82) is 0 Å². The predicted molar refractivity (Wildman–Crippen MR) is 119 cm³/mol. The molecule has 3 rings (SSSR count). The van der Waals surface area contributed by atoms with Crippen molar-refractivity contribution < 1.29 is 24.2 Å². The molecule has 0 aliphatic carbocycles. The van der Waals surface area contributed by atoms with Gasteiger partial charge < -0.3 is 19.9 Å². The molecule has 0 spiro atoms. The molecule has 0 saturated heterocycles. The molecule has 0 bridgehead atoms. The van der Waals surface area contributed by atoms with Gasteiger partial charge in [0.1, 0.15) is 0 Å². The number of esters is 1. The van der Waals surface area contributed by atoms with Gasteiger partial charge in [-0.1, -0.05) is 54.1 Å². The van der Waals surface area contributed by atoms with Crippen LogP contribution >= 0.6 is 0 Å². The van der Waals surface area contributed by atoms with Crippen LogP contribution in [0, 0.1) is 6.92 Å². The zero-order valence-electron chi connectivity index (χ0n) is 17.2. The Hall–Kier alpha value is -4.06. The fraction of sp³-hybridized carbons (Fsp3) is 0.120. The van der Waals surface area contributed by atoms with E-state index in [0.717, 1.165) is 5.56 Å². The summed E-state index contributed by atoms with van der Waals surface area (Å²) in [6.45, 7) is 1.95. The van der Waals surface area contributed by atoms with E-state index in [-0.39, 0.29) is 11.5 Å². The number of phenolic OH excluding ortho intramolecular Hbond substituents is 1. The minimum absolute atomic E-state index is 0.000792. The lowest BCUT2D eigenvalue weighted by atomic mass is 10.1. The van der Waals surface area contributed by atoms with Crippen molar-refractivity contribution in [3.05, 3.63) is 95.6 Å². The highest BCUT2D eigenvalue weighted by atomic mass is 16.5. The van der Waals surface area contributed by atoms with E-state index in [2.05, 4.69) is 5.32 Å². The lowest BCUT2D eigenvalue weighted by Gasteiger charge is -2.17. The molecule has 0 fully saturated rings. The molecule has 3 aromatic carbocycles. The summed E-state index contributed by atoms with van der Waals surface area (Å²) in [5.74, 6) is -0.850. The minimum Gasteiger partial charge on any atom is -0.504 e. The van der Waals surface area contributed by atoms with Crippen molar-refractivity contribution in [2.24, 2.45) is 0 Å². The number of methoxy groups -OCH3 is 1. The van der Waals surface area contributed by atoms with E-state index in [4.69, 9.17) is 9.47 Å². The Morgan fingerprint density at radius 1 is 1.00 bits per heavy atom. The van der Waals surface area contributed by atoms with Crippen molar-refractivity contribution >= 4 is 23.6 Å². The number of hydrogen-bond acceptors (Lipinski definition) is 5. The quantitative estimate of drug-likeness (QED) is 0.432. The fourth-order valence-corrected chi connectivity index (χ4v) is 2.86. The molecule has 3 aromatic rings. The molecule has 0 heterocycles. The summed E-state index contributed by atoms with van der Waals surface area (Å²) in [6, 6.07) is 20.8. The van der Waals surface area contributed by atoms with Crippen molar-refractivity contribution in [2.45, 2.75) is 13.0 Å². The number of benzene rings is 3. The third-order valence-electron chi connectivity index (χ3n) is 4.51. The topological polar surface area (TPSA) is 84.9 Å². The molecule has 158 valence electrons. The molecular formula is C25H23NO5. The number of carbonyl (C=O) groups excluding carboxylic acids is 2. The monoisotopic (exact) mass is 417 g/mol. The molecule has 0 aromatic heterocycles. The molecule has 0 aliphatic heterocycles. The van der Waals surface area contributed by atoms with Crippen LogP contribution < -0.4 is 10.1 Å². The highest BCUT2D eigenvalue weighted by Gasteiger charge is 2.24. The van der Waals surface area contributed by atoms with Gasteiger partial charge in [0.05, 0.1) is 7.11 Å². The smallest absolute Gasteiger partial charge is 0.331 e. The highest BCUT2D eigenvalue weighted by Crippen LogP contribution is 2.27. The number of carbonyl (C=O) groups is 2. The Morgan fingerprint density at radius 3 is 2.39 bits per heavy atom. The second kappa shape index (κ2) is 10.1. The maximum absolute atomic E-state index is 12.9. The molecule has 0 aliphatic rings.